The van der Waals surface area contributed by atoms with Gasteiger partial charge in [-0.15, -0.1) is 0 Å². The topological polar surface area (TPSA) is 52.7 Å². The average Bonchev–Trinajstić information content (AvgIpc) is 3.06. The first-order valence-electron chi connectivity index (χ1n) is 10.1. The summed E-state index contributed by atoms with van der Waals surface area (Å²) in [5.41, 5.74) is 1.38. The fourth-order valence-corrected chi connectivity index (χ4v) is 3.88. The fourth-order valence-electron chi connectivity index (χ4n) is 3.88. The van der Waals surface area contributed by atoms with Crippen LogP contribution in [0.2, 0.25) is 0 Å². The SMILES string of the molecule is O=C(CN1CCCCCC1)Nc1cccc(C(=O)N2CCCCCC2)c1. The molecule has 2 aliphatic rings. The summed E-state index contributed by atoms with van der Waals surface area (Å²) in [7, 11) is 0. The zero-order valence-electron chi connectivity index (χ0n) is 15.7. The summed E-state index contributed by atoms with van der Waals surface area (Å²) < 4.78 is 0. The van der Waals surface area contributed by atoms with E-state index < -0.39 is 0 Å². The van der Waals surface area contributed by atoms with E-state index in [1.54, 1.807) is 0 Å². The number of amides is 2. The van der Waals surface area contributed by atoms with Crippen LogP contribution < -0.4 is 5.32 Å². The van der Waals surface area contributed by atoms with E-state index in [0.29, 0.717) is 17.8 Å². The highest BCUT2D eigenvalue weighted by molar-refractivity contribution is 5.97. The second-order valence-electron chi connectivity index (χ2n) is 7.53. The number of likely N-dealkylation sites (tertiary alicyclic amines) is 2. The van der Waals surface area contributed by atoms with Crippen LogP contribution in [0.5, 0.6) is 0 Å². The van der Waals surface area contributed by atoms with Crippen LogP contribution in [0.25, 0.3) is 0 Å². The van der Waals surface area contributed by atoms with Gasteiger partial charge < -0.3 is 10.2 Å². The summed E-state index contributed by atoms with van der Waals surface area (Å²) >= 11 is 0. The Hall–Kier alpha value is -1.88. The van der Waals surface area contributed by atoms with E-state index >= 15 is 0 Å². The second kappa shape index (κ2) is 9.72. The number of carbonyl (C=O) groups excluding carboxylic acids is 2. The van der Waals surface area contributed by atoms with Gasteiger partial charge in [-0.25, -0.2) is 0 Å². The minimum absolute atomic E-state index is 0.00581. The Kier molecular flexibility index (Phi) is 7.06. The van der Waals surface area contributed by atoms with E-state index in [4.69, 9.17) is 0 Å². The van der Waals surface area contributed by atoms with Gasteiger partial charge in [-0.1, -0.05) is 31.7 Å². The van der Waals surface area contributed by atoms with E-state index in [2.05, 4.69) is 10.2 Å². The molecule has 0 atom stereocenters. The summed E-state index contributed by atoms with van der Waals surface area (Å²) in [6.07, 6.45) is 9.44. The molecule has 0 unspecified atom stereocenters. The lowest BCUT2D eigenvalue weighted by atomic mass is 10.1. The van der Waals surface area contributed by atoms with E-state index in [1.807, 2.05) is 29.2 Å². The van der Waals surface area contributed by atoms with Crippen molar-refractivity contribution >= 4 is 17.5 Å². The number of carbonyl (C=O) groups is 2. The fraction of sp³-hybridized carbons (Fsp3) is 0.619. The third-order valence-corrected chi connectivity index (χ3v) is 5.35. The lowest BCUT2D eigenvalue weighted by Crippen LogP contribution is -2.34. The highest BCUT2D eigenvalue weighted by Gasteiger charge is 2.18. The number of benzene rings is 1. The molecule has 1 N–H and O–H groups in total. The normalized spacial score (nSPS) is 19.5. The van der Waals surface area contributed by atoms with Crippen molar-refractivity contribution in [2.45, 2.75) is 51.4 Å². The summed E-state index contributed by atoms with van der Waals surface area (Å²) in [5, 5.41) is 2.97. The molecular formula is C21H31N3O2. The van der Waals surface area contributed by atoms with Gasteiger partial charge in [0.15, 0.2) is 0 Å². The first-order chi connectivity index (χ1) is 12.7. The number of rotatable bonds is 4. The first kappa shape index (κ1) is 18.9. The number of hydrogen-bond acceptors (Lipinski definition) is 3. The third-order valence-electron chi connectivity index (χ3n) is 5.35. The van der Waals surface area contributed by atoms with Crippen LogP contribution in [0.4, 0.5) is 5.69 Å². The van der Waals surface area contributed by atoms with Gasteiger partial charge in [-0.2, -0.15) is 0 Å². The van der Waals surface area contributed by atoms with Crippen molar-refractivity contribution in [2.75, 3.05) is 38.0 Å². The van der Waals surface area contributed by atoms with Crippen LogP contribution in [-0.4, -0.2) is 54.3 Å². The number of hydrogen-bond donors (Lipinski definition) is 1. The maximum absolute atomic E-state index is 12.8. The van der Waals surface area contributed by atoms with Gasteiger partial charge in [-0.3, -0.25) is 14.5 Å². The van der Waals surface area contributed by atoms with E-state index in [0.717, 1.165) is 39.0 Å². The van der Waals surface area contributed by atoms with Gasteiger partial charge in [0.1, 0.15) is 0 Å². The molecule has 5 heteroatoms. The van der Waals surface area contributed by atoms with E-state index in [9.17, 15) is 9.59 Å². The van der Waals surface area contributed by atoms with Gasteiger partial charge in [0, 0.05) is 24.3 Å². The molecule has 2 saturated heterocycles. The molecule has 1 aromatic rings. The van der Waals surface area contributed by atoms with Gasteiger partial charge in [0.05, 0.1) is 6.54 Å². The maximum Gasteiger partial charge on any atom is 0.253 e. The molecule has 1 aromatic carbocycles. The van der Waals surface area contributed by atoms with Crippen LogP contribution in [0, 0.1) is 0 Å². The monoisotopic (exact) mass is 357 g/mol. The van der Waals surface area contributed by atoms with Crippen LogP contribution in [0.15, 0.2) is 24.3 Å². The quantitative estimate of drug-likeness (QED) is 0.897. The van der Waals surface area contributed by atoms with E-state index in [-0.39, 0.29) is 11.8 Å². The summed E-state index contributed by atoms with van der Waals surface area (Å²) in [5.74, 6) is 0.0850. The summed E-state index contributed by atoms with van der Waals surface area (Å²) in [6.45, 7) is 4.11. The first-order valence-corrected chi connectivity index (χ1v) is 10.1. The smallest absolute Gasteiger partial charge is 0.253 e. The molecule has 2 heterocycles. The molecule has 2 fully saturated rings. The van der Waals surface area contributed by atoms with Crippen molar-refractivity contribution in [3.05, 3.63) is 29.8 Å². The third kappa shape index (κ3) is 5.56. The Morgan fingerprint density at radius 3 is 2.12 bits per heavy atom. The maximum atomic E-state index is 12.8. The predicted molar refractivity (Wildman–Crippen MR) is 104 cm³/mol. The molecule has 3 rings (SSSR count). The molecule has 0 aromatic heterocycles. The van der Waals surface area contributed by atoms with Gasteiger partial charge in [0.2, 0.25) is 5.91 Å². The summed E-state index contributed by atoms with van der Waals surface area (Å²) in [6, 6.07) is 7.37. The Morgan fingerprint density at radius 2 is 1.46 bits per heavy atom. The molecule has 0 saturated carbocycles. The second-order valence-corrected chi connectivity index (χ2v) is 7.53. The zero-order chi connectivity index (χ0) is 18.2. The molecule has 142 valence electrons. The highest BCUT2D eigenvalue weighted by atomic mass is 16.2. The minimum atomic E-state index is 0.00581. The van der Waals surface area contributed by atoms with Gasteiger partial charge >= 0.3 is 0 Å². The predicted octanol–water partition coefficient (Wildman–Crippen LogP) is 3.52. The molecule has 5 nitrogen and oxygen atoms in total. The zero-order valence-corrected chi connectivity index (χ0v) is 15.7. The molecule has 0 aliphatic carbocycles. The average molecular weight is 357 g/mol. The van der Waals surface area contributed by atoms with Gasteiger partial charge in [-0.05, 0) is 57.0 Å². The molecule has 0 radical (unpaired) electrons. The van der Waals surface area contributed by atoms with E-state index in [1.165, 1.54) is 38.5 Å². The minimum Gasteiger partial charge on any atom is -0.339 e. The van der Waals surface area contributed by atoms with Crippen LogP contribution in [-0.2, 0) is 4.79 Å². The molecule has 2 amide bonds. The lowest BCUT2D eigenvalue weighted by molar-refractivity contribution is -0.117. The standard InChI is InChI=1S/C21H31N3O2/c25-20(17-23-12-5-1-2-6-13-23)22-19-11-9-10-18(16-19)21(26)24-14-7-3-4-8-15-24/h9-11,16H,1-8,12-15,17H2,(H,22,25). The van der Waals surface area contributed by atoms with Crippen molar-refractivity contribution in [3.63, 3.8) is 0 Å². The summed E-state index contributed by atoms with van der Waals surface area (Å²) in [4.78, 5) is 29.3. The molecule has 0 bridgehead atoms. The lowest BCUT2D eigenvalue weighted by Gasteiger charge is -2.21. The van der Waals surface area contributed by atoms with Crippen molar-refractivity contribution in [1.82, 2.24) is 9.80 Å². The molecular weight excluding hydrogens is 326 g/mol. The number of anilines is 1. The molecule has 26 heavy (non-hydrogen) atoms. The van der Waals surface area contributed by atoms with Crippen LogP contribution in [0.1, 0.15) is 61.7 Å². The molecule has 2 aliphatic heterocycles. The Balaban J connectivity index is 1.57. The molecule has 0 spiro atoms. The van der Waals surface area contributed by atoms with Gasteiger partial charge in [0.25, 0.3) is 5.91 Å². The van der Waals surface area contributed by atoms with Crippen LogP contribution >= 0.6 is 0 Å². The van der Waals surface area contributed by atoms with Crippen molar-refractivity contribution in [1.29, 1.82) is 0 Å². The Morgan fingerprint density at radius 1 is 0.846 bits per heavy atom. The Bertz CT molecular complexity index is 601. The number of nitrogens with zero attached hydrogens (tertiary/aromatic N) is 2. The van der Waals surface area contributed by atoms with Crippen molar-refractivity contribution in [2.24, 2.45) is 0 Å². The number of nitrogens with one attached hydrogen (secondary N) is 1. The van der Waals surface area contributed by atoms with Crippen LogP contribution in [0.3, 0.4) is 0 Å². The van der Waals surface area contributed by atoms with Crippen molar-refractivity contribution in [3.8, 4) is 0 Å². The Labute approximate surface area is 156 Å². The van der Waals surface area contributed by atoms with Crippen molar-refractivity contribution < 1.29 is 9.59 Å². The highest BCUT2D eigenvalue weighted by Crippen LogP contribution is 2.17. The largest absolute Gasteiger partial charge is 0.339 e.